The average Bonchev–Trinajstić information content (AvgIpc) is 3.52. The van der Waals surface area contributed by atoms with Crippen LogP contribution in [0.5, 0.6) is 0 Å². The predicted molar refractivity (Wildman–Crippen MR) is 183 cm³/mol. The Bertz CT molecular complexity index is 1770. The number of benzene rings is 4. The van der Waals surface area contributed by atoms with Crippen LogP contribution in [0.15, 0.2) is 200 Å². The van der Waals surface area contributed by atoms with E-state index in [1.807, 2.05) is 85.0 Å². The Hall–Kier alpha value is -5.82. The number of hydrogen-bond donors (Lipinski definition) is 1. The summed E-state index contributed by atoms with van der Waals surface area (Å²) in [4.78, 5) is 0. The summed E-state index contributed by atoms with van der Waals surface area (Å²) in [5.41, 5.74) is 11.8. The SMILES string of the molecule is C=C/C=C\C=Cc1ccc(Nc2ccc(-c3ccccc3)cc2)cc1.C=C1/C=C\C=C(\c2ccccc2)OC2=C1C=C=C2. The summed E-state index contributed by atoms with van der Waals surface area (Å²) in [5.74, 6) is 1.64. The number of nitrogens with one attached hydrogen (secondary N) is 1. The lowest BCUT2D eigenvalue weighted by Crippen LogP contribution is -1.96. The van der Waals surface area contributed by atoms with E-state index in [0.29, 0.717) is 0 Å². The van der Waals surface area contributed by atoms with Gasteiger partial charge in [0.1, 0.15) is 11.5 Å². The topological polar surface area (TPSA) is 21.3 Å². The summed E-state index contributed by atoms with van der Waals surface area (Å²) in [6.45, 7) is 7.66. The van der Waals surface area contributed by atoms with Crippen molar-refractivity contribution in [2.45, 2.75) is 0 Å². The second-order valence-electron chi connectivity index (χ2n) is 9.79. The van der Waals surface area contributed by atoms with E-state index in [-0.39, 0.29) is 0 Å². The summed E-state index contributed by atoms with van der Waals surface area (Å²) in [6.07, 6.45) is 19.4. The number of hydrogen-bond acceptors (Lipinski definition) is 2. The van der Waals surface area contributed by atoms with Gasteiger partial charge in [0.05, 0.1) is 0 Å². The summed E-state index contributed by atoms with van der Waals surface area (Å²) >= 11 is 0. The molecule has 0 radical (unpaired) electrons. The molecule has 0 spiro atoms. The van der Waals surface area contributed by atoms with E-state index < -0.39 is 0 Å². The van der Waals surface area contributed by atoms with Crippen molar-refractivity contribution in [3.8, 4) is 11.1 Å². The first-order valence-corrected chi connectivity index (χ1v) is 14.2. The van der Waals surface area contributed by atoms with E-state index in [0.717, 1.165) is 39.6 Å². The zero-order valence-corrected chi connectivity index (χ0v) is 24.0. The quantitative estimate of drug-likeness (QED) is 0.181. The van der Waals surface area contributed by atoms with Gasteiger partial charge in [0.2, 0.25) is 0 Å². The minimum absolute atomic E-state index is 0.805. The fourth-order valence-electron chi connectivity index (χ4n) is 4.47. The molecule has 1 aliphatic heterocycles. The highest BCUT2D eigenvalue weighted by molar-refractivity contribution is 5.69. The largest absolute Gasteiger partial charge is 0.455 e. The molecule has 0 aromatic heterocycles. The molecule has 0 amide bonds. The molecule has 0 atom stereocenters. The molecule has 2 heteroatoms. The lowest BCUT2D eigenvalue weighted by molar-refractivity contribution is 0.398. The Morgan fingerprint density at radius 3 is 1.95 bits per heavy atom. The minimum Gasteiger partial charge on any atom is -0.455 e. The molecule has 0 unspecified atom stereocenters. The van der Waals surface area contributed by atoms with Crippen LogP contribution in [0.3, 0.4) is 0 Å². The molecular weight excluding hydrogens is 522 g/mol. The van der Waals surface area contributed by atoms with Gasteiger partial charge in [0.15, 0.2) is 0 Å². The molecule has 1 aliphatic carbocycles. The summed E-state index contributed by atoms with van der Waals surface area (Å²) in [5, 5.41) is 3.43. The van der Waals surface area contributed by atoms with E-state index in [4.69, 9.17) is 4.74 Å². The zero-order valence-electron chi connectivity index (χ0n) is 24.0. The Morgan fingerprint density at radius 2 is 1.28 bits per heavy atom. The highest BCUT2D eigenvalue weighted by Gasteiger charge is 2.14. The summed E-state index contributed by atoms with van der Waals surface area (Å²) in [7, 11) is 0. The second-order valence-corrected chi connectivity index (χ2v) is 9.79. The molecule has 1 N–H and O–H groups in total. The Kier molecular flexibility index (Phi) is 9.82. The first-order valence-electron chi connectivity index (χ1n) is 14.2. The van der Waals surface area contributed by atoms with Gasteiger partial charge in [0, 0.05) is 28.6 Å². The minimum atomic E-state index is 0.805. The second kappa shape index (κ2) is 14.7. The van der Waals surface area contributed by atoms with Crippen LogP contribution in [0.1, 0.15) is 11.1 Å². The molecule has 0 bridgehead atoms. The maximum absolute atomic E-state index is 5.95. The average molecular weight is 556 g/mol. The van der Waals surface area contributed by atoms with Crippen LogP contribution >= 0.6 is 0 Å². The third kappa shape index (κ3) is 8.11. The van der Waals surface area contributed by atoms with Gasteiger partial charge >= 0.3 is 0 Å². The zero-order chi connectivity index (χ0) is 29.7. The van der Waals surface area contributed by atoms with Gasteiger partial charge in [-0.1, -0.05) is 141 Å². The number of ether oxygens (including phenoxy) is 1. The van der Waals surface area contributed by atoms with Crippen LogP contribution in [0, 0.1) is 0 Å². The molecular formula is C41H33NO. The third-order valence-electron chi connectivity index (χ3n) is 6.72. The van der Waals surface area contributed by atoms with Crippen molar-refractivity contribution in [3.63, 3.8) is 0 Å². The molecule has 1 heterocycles. The smallest absolute Gasteiger partial charge is 0.143 e. The molecule has 208 valence electrons. The molecule has 2 aliphatic rings. The van der Waals surface area contributed by atoms with Crippen molar-refractivity contribution in [1.82, 2.24) is 0 Å². The van der Waals surface area contributed by atoms with Crippen molar-refractivity contribution < 1.29 is 4.74 Å². The summed E-state index contributed by atoms with van der Waals surface area (Å²) < 4.78 is 5.95. The van der Waals surface area contributed by atoms with Crippen LogP contribution in [0.4, 0.5) is 11.4 Å². The molecule has 6 rings (SSSR count). The first-order chi connectivity index (χ1) is 21.2. The van der Waals surface area contributed by atoms with Crippen molar-refractivity contribution >= 4 is 23.2 Å². The number of allylic oxidation sites excluding steroid dienone is 10. The fraction of sp³-hybridized carbons (Fsp3) is 0. The van der Waals surface area contributed by atoms with Crippen LogP contribution in [-0.4, -0.2) is 0 Å². The van der Waals surface area contributed by atoms with E-state index in [2.05, 4.69) is 103 Å². The van der Waals surface area contributed by atoms with Gasteiger partial charge in [-0.05, 0) is 58.7 Å². The maximum Gasteiger partial charge on any atom is 0.143 e. The highest BCUT2D eigenvalue weighted by atomic mass is 16.5. The standard InChI is InChI=1S/C24H21N.C17H12O/c1-2-3-4-6-9-20-12-16-23(17-13-20)25-24-18-14-22(15-19-24)21-10-7-5-8-11-21;1-13-7-5-11-16(14-8-3-2-4-9-14)18-17-12-6-10-15(13)17/h2-19,25H,1H2;2-5,7-12H,1H2/b4-3-,9-6?;7-5-,16-11-. The van der Waals surface area contributed by atoms with Gasteiger partial charge in [-0.15, -0.1) is 5.73 Å². The monoisotopic (exact) mass is 555 g/mol. The summed E-state index contributed by atoms with van der Waals surface area (Å²) in [6, 6.07) is 37.3. The van der Waals surface area contributed by atoms with Gasteiger partial charge in [-0.3, -0.25) is 0 Å². The van der Waals surface area contributed by atoms with Gasteiger partial charge in [-0.2, -0.15) is 0 Å². The van der Waals surface area contributed by atoms with Gasteiger partial charge in [0.25, 0.3) is 0 Å². The Morgan fingerprint density at radius 1 is 0.651 bits per heavy atom. The fourth-order valence-corrected chi connectivity index (χ4v) is 4.47. The maximum atomic E-state index is 5.95. The van der Waals surface area contributed by atoms with E-state index in [1.165, 1.54) is 16.7 Å². The van der Waals surface area contributed by atoms with Crippen LogP contribution in [0.2, 0.25) is 0 Å². The van der Waals surface area contributed by atoms with E-state index >= 15 is 0 Å². The lowest BCUT2D eigenvalue weighted by atomic mass is 10.1. The third-order valence-corrected chi connectivity index (χ3v) is 6.72. The predicted octanol–water partition coefficient (Wildman–Crippen LogP) is 11.0. The molecule has 43 heavy (non-hydrogen) atoms. The van der Waals surface area contributed by atoms with Crippen LogP contribution < -0.4 is 5.32 Å². The molecule has 0 saturated carbocycles. The molecule has 2 nitrogen and oxygen atoms in total. The molecule has 4 aromatic carbocycles. The Labute approximate surface area is 254 Å². The van der Waals surface area contributed by atoms with Crippen molar-refractivity contribution in [2.24, 2.45) is 0 Å². The number of rotatable bonds is 7. The lowest BCUT2D eigenvalue weighted by Gasteiger charge is -2.14. The van der Waals surface area contributed by atoms with Crippen LogP contribution in [0.25, 0.3) is 23.0 Å². The normalized spacial score (nSPS) is 15.5. The van der Waals surface area contributed by atoms with Crippen molar-refractivity contribution in [3.05, 3.63) is 211 Å². The van der Waals surface area contributed by atoms with E-state index in [1.54, 1.807) is 6.08 Å². The Balaban J connectivity index is 0.000000180. The highest BCUT2D eigenvalue weighted by Crippen LogP contribution is 2.29. The molecule has 0 fully saturated rings. The van der Waals surface area contributed by atoms with E-state index in [9.17, 15) is 0 Å². The van der Waals surface area contributed by atoms with Crippen LogP contribution in [-0.2, 0) is 4.74 Å². The van der Waals surface area contributed by atoms with Gasteiger partial charge < -0.3 is 10.1 Å². The first kappa shape index (κ1) is 28.7. The van der Waals surface area contributed by atoms with Gasteiger partial charge in [-0.25, -0.2) is 0 Å². The van der Waals surface area contributed by atoms with Crippen molar-refractivity contribution in [2.75, 3.05) is 5.32 Å². The molecule has 4 aromatic rings. The van der Waals surface area contributed by atoms with Crippen molar-refractivity contribution in [1.29, 1.82) is 0 Å². The number of anilines is 2. The molecule has 0 saturated heterocycles.